The Hall–Kier alpha value is -8.00. The predicted molar refractivity (Wildman–Crippen MR) is 283 cm³/mol. The van der Waals surface area contributed by atoms with Gasteiger partial charge in [-0.05, 0) is 132 Å². The van der Waals surface area contributed by atoms with Gasteiger partial charge in [-0.1, -0.05) is 226 Å². The lowest BCUT2D eigenvalue weighted by Gasteiger charge is -2.34. The molecule has 2 unspecified atom stereocenters. The lowest BCUT2D eigenvalue weighted by molar-refractivity contribution is 0.654. The van der Waals surface area contributed by atoms with Crippen LogP contribution in [0.25, 0.3) is 66.4 Å². The second-order valence-electron chi connectivity index (χ2n) is 19.4. The van der Waals surface area contributed by atoms with E-state index in [1.54, 1.807) is 0 Å². The second kappa shape index (κ2) is 15.8. The molecule has 1 nitrogen and oxygen atoms in total. The van der Waals surface area contributed by atoms with Crippen molar-refractivity contribution < 1.29 is 4.42 Å². The van der Waals surface area contributed by atoms with Gasteiger partial charge in [-0.2, -0.15) is 0 Å². The summed E-state index contributed by atoms with van der Waals surface area (Å²) in [5.41, 5.74) is 23.5. The first-order chi connectivity index (χ1) is 33.5. The maximum atomic E-state index is 6.48. The van der Waals surface area contributed by atoms with Crippen LogP contribution >= 0.6 is 0 Å². The molecule has 0 amide bonds. The predicted octanol–water partition coefficient (Wildman–Crippen LogP) is 17.4. The summed E-state index contributed by atoms with van der Waals surface area (Å²) in [6, 6.07) is 88.4. The lowest BCUT2D eigenvalue weighted by Crippen LogP contribution is -2.28. The molecule has 1 heteroatoms. The number of para-hydroxylation sites is 1. The Morgan fingerprint density at radius 2 is 1.00 bits per heavy atom. The number of furan rings is 1. The minimum absolute atomic E-state index is 0.0545. The van der Waals surface area contributed by atoms with Crippen molar-refractivity contribution in [2.45, 2.75) is 43.4 Å². The highest BCUT2D eigenvalue weighted by Crippen LogP contribution is 2.60. The topological polar surface area (TPSA) is 13.1 Å². The normalized spacial score (nSPS) is 15.7. The van der Waals surface area contributed by atoms with Crippen LogP contribution < -0.4 is 0 Å². The van der Waals surface area contributed by atoms with Crippen LogP contribution in [-0.4, -0.2) is 0 Å². The minimum Gasteiger partial charge on any atom is -0.456 e. The van der Waals surface area contributed by atoms with Gasteiger partial charge in [0.15, 0.2) is 0 Å². The van der Waals surface area contributed by atoms with Gasteiger partial charge in [0.1, 0.15) is 11.2 Å². The molecule has 324 valence electrons. The van der Waals surface area contributed by atoms with Gasteiger partial charge in [0.05, 0.1) is 5.41 Å². The maximum absolute atomic E-state index is 6.48. The summed E-state index contributed by atoms with van der Waals surface area (Å²) in [6.07, 6.45) is 1.79. The quantitative estimate of drug-likeness (QED) is 0.141. The van der Waals surface area contributed by atoms with E-state index in [0.717, 1.165) is 29.4 Å². The summed E-state index contributed by atoms with van der Waals surface area (Å²) in [7, 11) is 0. The van der Waals surface area contributed by atoms with E-state index in [0.29, 0.717) is 0 Å². The molecule has 13 rings (SSSR count). The van der Waals surface area contributed by atoms with E-state index in [9.17, 15) is 0 Å². The van der Waals surface area contributed by atoms with Gasteiger partial charge in [0, 0.05) is 22.1 Å². The van der Waals surface area contributed by atoms with Gasteiger partial charge in [0.2, 0.25) is 0 Å². The van der Waals surface area contributed by atoms with Crippen molar-refractivity contribution in [3.8, 4) is 44.5 Å². The number of aryl methyl sites for hydroxylation is 1. The lowest BCUT2D eigenvalue weighted by atomic mass is 9.67. The van der Waals surface area contributed by atoms with Crippen LogP contribution in [0.3, 0.4) is 0 Å². The molecule has 0 aliphatic heterocycles. The van der Waals surface area contributed by atoms with Crippen molar-refractivity contribution >= 4 is 21.9 Å². The van der Waals surface area contributed by atoms with Crippen LogP contribution in [-0.2, 0) is 17.3 Å². The van der Waals surface area contributed by atoms with Crippen LogP contribution in [0, 0.1) is 0 Å². The van der Waals surface area contributed by atoms with Gasteiger partial charge in [-0.15, -0.1) is 0 Å². The highest BCUT2D eigenvalue weighted by Gasteiger charge is 2.47. The molecule has 68 heavy (non-hydrogen) atoms. The van der Waals surface area contributed by atoms with E-state index >= 15 is 0 Å². The Kier molecular flexibility index (Phi) is 9.37. The fourth-order valence-corrected chi connectivity index (χ4v) is 12.3. The number of benzene rings is 10. The van der Waals surface area contributed by atoms with Crippen LogP contribution in [0.4, 0.5) is 0 Å². The molecular formula is C67H50O. The molecule has 2 aliphatic carbocycles. The average Bonchev–Trinajstić information content (AvgIpc) is 4.00. The number of rotatable bonds is 9. The molecule has 10 aromatic carbocycles. The Labute approximate surface area is 399 Å². The molecule has 0 N–H and O–H groups in total. The molecule has 2 atom stereocenters. The zero-order valence-corrected chi connectivity index (χ0v) is 38.4. The smallest absolute Gasteiger partial charge is 0.135 e. The molecule has 0 fully saturated rings. The third-order valence-electron chi connectivity index (χ3n) is 15.4. The Bertz CT molecular complexity index is 3710. The highest BCUT2D eigenvalue weighted by atomic mass is 16.3. The molecule has 1 heterocycles. The summed E-state index contributed by atoms with van der Waals surface area (Å²) in [5.74, 6) is 0.0545. The zero-order valence-electron chi connectivity index (χ0n) is 38.4. The molecule has 0 spiro atoms. The number of fused-ring (bicyclic) bond motifs is 9. The van der Waals surface area contributed by atoms with Gasteiger partial charge in [-0.3, -0.25) is 0 Å². The average molecular weight is 871 g/mol. The van der Waals surface area contributed by atoms with Crippen LogP contribution in [0.15, 0.2) is 241 Å². The SMILES string of the molecule is CC1(C)c2ccccc2-c2c(-c3ccccc3)cc(C(CCc3ccc4c(c3)oc3ccccc34)c3cccc4c3-c3ccccc3C4(c3ccccc3)c3cccc(-c4ccccc4)c3)cc21. The van der Waals surface area contributed by atoms with Crippen LogP contribution in [0.5, 0.6) is 0 Å². The summed E-state index contributed by atoms with van der Waals surface area (Å²) < 4.78 is 6.48. The van der Waals surface area contributed by atoms with E-state index in [1.165, 1.54) is 100.0 Å². The summed E-state index contributed by atoms with van der Waals surface area (Å²) in [4.78, 5) is 0. The first kappa shape index (κ1) is 40.3. The van der Waals surface area contributed by atoms with Gasteiger partial charge in [0.25, 0.3) is 0 Å². The number of hydrogen-bond acceptors (Lipinski definition) is 1. The molecule has 2 aliphatic rings. The van der Waals surface area contributed by atoms with Crippen molar-refractivity contribution in [3.63, 3.8) is 0 Å². The Balaban J connectivity index is 1.06. The van der Waals surface area contributed by atoms with Gasteiger partial charge in [-0.25, -0.2) is 0 Å². The summed E-state index contributed by atoms with van der Waals surface area (Å²) in [5, 5.41) is 2.33. The van der Waals surface area contributed by atoms with Crippen molar-refractivity contribution in [1.29, 1.82) is 0 Å². The van der Waals surface area contributed by atoms with Crippen molar-refractivity contribution in [2.75, 3.05) is 0 Å². The first-order valence-corrected chi connectivity index (χ1v) is 24.2. The van der Waals surface area contributed by atoms with E-state index < -0.39 is 5.41 Å². The zero-order chi connectivity index (χ0) is 45.4. The van der Waals surface area contributed by atoms with Gasteiger partial charge >= 0.3 is 0 Å². The van der Waals surface area contributed by atoms with E-state index in [4.69, 9.17) is 4.42 Å². The summed E-state index contributed by atoms with van der Waals surface area (Å²) in [6.45, 7) is 4.84. The van der Waals surface area contributed by atoms with Crippen molar-refractivity contribution in [1.82, 2.24) is 0 Å². The van der Waals surface area contributed by atoms with Crippen LogP contribution in [0.2, 0.25) is 0 Å². The fraction of sp³-hybridized carbons (Fsp3) is 0.104. The highest BCUT2D eigenvalue weighted by molar-refractivity contribution is 6.05. The second-order valence-corrected chi connectivity index (χ2v) is 19.4. The third kappa shape index (κ3) is 6.15. The molecule has 11 aromatic rings. The molecule has 0 saturated carbocycles. The molecule has 0 radical (unpaired) electrons. The van der Waals surface area contributed by atoms with E-state index in [1.807, 2.05) is 0 Å². The van der Waals surface area contributed by atoms with Crippen LogP contribution in [0.1, 0.15) is 76.3 Å². The van der Waals surface area contributed by atoms with Crippen molar-refractivity contribution in [3.05, 3.63) is 287 Å². The summed E-state index contributed by atoms with van der Waals surface area (Å²) >= 11 is 0. The standard InChI is InChI=1S/C67H50O/c1-66(2)58-32-15-12-29-55(58)65-57(46-22-8-4-9-23-46)42-48(43-61(65)66)51(38-36-44-37-39-53-52-28-14-17-35-62(52)68-63(53)40-44)54-31-19-34-60-64(54)56-30-13-16-33-59(56)67(60,49-25-10-5-11-26-49)50-27-18-24-47(41-50)45-20-6-3-7-21-45/h3-35,37,39-43,51H,36,38H2,1-2H3. The number of hydrogen-bond donors (Lipinski definition) is 0. The maximum Gasteiger partial charge on any atom is 0.135 e. The van der Waals surface area contributed by atoms with Gasteiger partial charge < -0.3 is 4.42 Å². The Morgan fingerprint density at radius 3 is 1.79 bits per heavy atom. The third-order valence-corrected chi connectivity index (χ3v) is 15.4. The molecule has 1 aromatic heterocycles. The monoisotopic (exact) mass is 870 g/mol. The molecule has 0 saturated heterocycles. The molecule has 0 bridgehead atoms. The Morgan fingerprint density at radius 1 is 0.397 bits per heavy atom. The van der Waals surface area contributed by atoms with E-state index in [2.05, 4.69) is 250 Å². The largest absolute Gasteiger partial charge is 0.456 e. The fourth-order valence-electron chi connectivity index (χ4n) is 12.3. The minimum atomic E-state index is -0.554. The van der Waals surface area contributed by atoms with E-state index in [-0.39, 0.29) is 11.3 Å². The first-order valence-electron chi connectivity index (χ1n) is 24.2. The van der Waals surface area contributed by atoms with Crippen molar-refractivity contribution in [2.24, 2.45) is 0 Å². The molecular weight excluding hydrogens is 821 g/mol.